The van der Waals surface area contributed by atoms with Crippen molar-refractivity contribution in [3.05, 3.63) is 53.9 Å². The lowest BCUT2D eigenvalue weighted by Gasteiger charge is -2.26. The van der Waals surface area contributed by atoms with E-state index in [0.717, 1.165) is 19.2 Å². The van der Waals surface area contributed by atoms with Crippen LogP contribution in [0.25, 0.3) is 16.9 Å². The van der Waals surface area contributed by atoms with E-state index in [1.54, 1.807) is 30.3 Å². The summed E-state index contributed by atoms with van der Waals surface area (Å²) in [5, 5.41) is 6.57. The highest BCUT2D eigenvalue weighted by Crippen LogP contribution is 2.32. The topological polar surface area (TPSA) is 71.8 Å². The Morgan fingerprint density at radius 2 is 1.87 bits per heavy atom. The second kappa shape index (κ2) is 8.41. The lowest BCUT2D eigenvalue weighted by atomic mass is 10.1. The Morgan fingerprint density at radius 3 is 2.57 bits per heavy atom. The highest BCUT2D eigenvalue weighted by atomic mass is 19.4. The summed E-state index contributed by atoms with van der Waals surface area (Å²) in [5.41, 5.74) is -0.432. The molecule has 1 aliphatic heterocycles. The van der Waals surface area contributed by atoms with Gasteiger partial charge in [0.15, 0.2) is 17.0 Å². The number of hydrogen-bond donors (Lipinski definition) is 1. The van der Waals surface area contributed by atoms with Crippen LogP contribution in [0.3, 0.4) is 0 Å². The molecule has 7 nitrogen and oxygen atoms in total. The van der Waals surface area contributed by atoms with Crippen molar-refractivity contribution in [1.82, 2.24) is 24.8 Å². The van der Waals surface area contributed by atoms with Gasteiger partial charge in [-0.3, -0.25) is 9.69 Å². The Balaban J connectivity index is 1.58. The second-order valence-electron chi connectivity index (χ2n) is 6.90. The lowest BCUT2D eigenvalue weighted by Crippen LogP contribution is -2.41. The zero-order valence-electron chi connectivity index (χ0n) is 16.0. The first-order valence-electron chi connectivity index (χ1n) is 9.53. The molecule has 3 heterocycles. The van der Waals surface area contributed by atoms with Gasteiger partial charge >= 0.3 is 6.18 Å². The van der Waals surface area contributed by atoms with Crippen LogP contribution >= 0.6 is 0 Å². The van der Waals surface area contributed by atoms with E-state index < -0.39 is 17.8 Å². The van der Waals surface area contributed by atoms with Crippen LogP contribution in [0.2, 0.25) is 0 Å². The van der Waals surface area contributed by atoms with Crippen molar-refractivity contribution in [2.24, 2.45) is 0 Å². The number of rotatable bonds is 5. The van der Waals surface area contributed by atoms with Crippen LogP contribution in [0.4, 0.5) is 13.2 Å². The normalized spacial score (nSPS) is 15.4. The molecule has 0 bridgehead atoms. The highest BCUT2D eigenvalue weighted by Gasteiger charge is 2.35. The predicted octanol–water partition coefficient (Wildman–Crippen LogP) is 2.48. The van der Waals surface area contributed by atoms with Gasteiger partial charge in [0.05, 0.1) is 18.9 Å². The lowest BCUT2D eigenvalue weighted by molar-refractivity contribution is -0.142. The molecule has 158 valence electrons. The maximum absolute atomic E-state index is 13.6. The first-order chi connectivity index (χ1) is 14.4. The Hall–Kier alpha value is -2.98. The standard InChI is InChI=1S/C20H20F3N5O2/c21-20(22,23)17-12-15(14-4-2-1-3-5-14)25-18-13-16(26-28(17)18)19(29)24-6-7-27-8-10-30-11-9-27/h1-5,12-13H,6-11H2,(H,24,29). The van der Waals surface area contributed by atoms with E-state index in [9.17, 15) is 18.0 Å². The number of amides is 1. The first kappa shape index (κ1) is 20.3. The summed E-state index contributed by atoms with van der Waals surface area (Å²) in [4.78, 5) is 18.8. The van der Waals surface area contributed by atoms with Crippen LogP contribution in [0.1, 0.15) is 16.2 Å². The summed E-state index contributed by atoms with van der Waals surface area (Å²) in [6.45, 7) is 3.86. The number of nitrogens with one attached hydrogen (secondary N) is 1. The minimum absolute atomic E-state index is 0.0398. The molecule has 30 heavy (non-hydrogen) atoms. The number of alkyl halides is 3. The molecular formula is C20H20F3N5O2. The van der Waals surface area contributed by atoms with Crippen LogP contribution in [0.5, 0.6) is 0 Å². The molecule has 0 saturated carbocycles. The average molecular weight is 419 g/mol. The fourth-order valence-electron chi connectivity index (χ4n) is 3.29. The minimum atomic E-state index is -4.65. The number of nitrogens with zero attached hydrogens (tertiary/aromatic N) is 4. The van der Waals surface area contributed by atoms with Crippen molar-refractivity contribution < 1.29 is 22.7 Å². The molecule has 1 aromatic carbocycles. The molecule has 0 atom stereocenters. The van der Waals surface area contributed by atoms with Gasteiger partial charge in [-0.05, 0) is 6.07 Å². The third-order valence-corrected chi connectivity index (χ3v) is 4.84. The quantitative estimate of drug-likeness (QED) is 0.688. The molecule has 1 saturated heterocycles. The maximum Gasteiger partial charge on any atom is 0.433 e. The van der Waals surface area contributed by atoms with E-state index in [4.69, 9.17) is 4.74 Å². The van der Waals surface area contributed by atoms with Gasteiger partial charge in [-0.1, -0.05) is 30.3 Å². The summed E-state index contributed by atoms with van der Waals surface area (Å²) in [6, 6.07) is 10.8. The second-order valence-corrected chi connectivity index (χ2v) is 6.90. The molecule has 10 heteroatoms. The smallest absolute Gasteiger partial charge is 0.379 e. The average Bonchev–Trinajstić information content (AvgIpc) is 3.18. The van der Waals surface area contributed by atoms with Gasteiger partial charge in [0, 0.05) is 37.8 Å². The molecule has 0 unspecified atom stereocenters. The predicted molar refractivity (Wildman–Crippen MR) is 103 cm³/mol. The number of benzene rings is 1. The molecule has 1 N–H and O–H groups in total. The van der Waals surface area contributed by atoms with Gasteiger partial charge in [-0.2, -0.15) is 18.3 Å². The van der Waals surface area contributed by atoms with Crippen molar-refractivity contribution in [2.45, 2.75) is 6.18 Å². The molecule has 0 spiro atoms. The number of aromatic nitrogens is 3. The Kier molecular flexibility index (Phi) is 5.69. The molecule has 4 rings (SSSR count). The molecule has 1 aliphatic rings. The highest BCUT2D eigenvalue weighted by molar-refractivity contribution is 5.93. The van der Waals surface area contributed by atoms with Crippen LogP contribution in [-0.4, -0.2) is 64.8 Å². The third-order valence-electron chi connectivity index (χ3n) is 4.84. The fourth-order valence-corrected chi connectivity index (χ4v) is 3.29. The van der Waals surface area contributed by atoms with E-state index in [0.29, 0.717) is 36.4 Å². The van der Waals surface area contributed by atoms with Gasteiger partial charge in [0.1, 0.15) is 0 Å². The number of hydrogen-bond acceptors (Lipinski definition) is 5. The molecule has 0 radical (unpaired) electrons. The molecular weight excluding hydrogens is 399 g/mol. The SMILES string of the molecule is O=C(NCCN1CCOCC1)c1cc2nc(-c3ccccc3)cc(C(F)(F)F)n2n1. The number of ether oxygens (including phenoxy) is 1. The van der Waals surface area contributed by atoms with Gasteiger partial charge in [0.25, 0.3) is 5.91 Å². The minimum Gasteiger partial charge on any atom is -0.379 e. The van der Waals surface area contributed by atoms with E-state index in [2.05, 4.69) is 20.3 Å². The fraction of sp³-hybridized carbons (Fsp3) is 0.350. The van der Waals surface area contributed by atoms with Gasteiger partial charge in [-0.25, -0.2) is 9.50 Å². The van der Waals surface area contributed by atoms with Crippen LogP contribution in [0, 0.1) is 0 Å². The summed E-state index contributed by atoms with van der Waals surface area (Å²) in [6.07, 6.45) is -4.65. The Morgan fingerprint density at radius 1 is 1.13 bits per heavy atom. The summed E-state index contributed by atoms with van der Waals surface area (Å²) in [5.74, 6) is -0.539. The number of fused-ring (bicyclic) bond motifs is 1. The van der Waals surface area contributed by atoms with Crippen LogP contribution in [-0.2, 0) is 10.9 Å². The summed E-state index contributed by atoms with van der Waals surface area (Å²) >= 11 is 0. The number of carbonyl (C=O) groups excluding carboxylic acids is 1. The third kappa shape index (κ3) is 4.44. The van der Waals surface area contributed by atoms with E-state index in [1.165, 1.54) is 6.07 Å². The van der Waals surface area contributed by atoms with Gasteiger partial charge in [-0.15, -0.1) is 0 Å². The van der Waals surface area contributed by atoms with Gasteiger partial charge in [0.2, 0.25) is 0 Å². The van der Waals surface area contributed by atoms with E-state index >= 15 is 0 Å². The maximum atomic E-state index is 13.6. The largest absolute Gasteiger partial charge is 0.433 e. The van der Waals surface area contributed by atoms with Crippen molar-refractivity contribution in [1.29, 1.82) is 0 Å². The number of carbonyl (C=O) groups is 1. The van der Waals surface area contributed by atoms with Crippen molar-refractivity contribution in [3.63, 3.8) is 0 Å². The monoisotopic (exact) mass is 419 g/mol. The summed E-state index contributed by atoms with van der Waals surface area (Å²) in [7, 11) is 0. The molecule has 2 aromatic heterocycles. The number of morpholine rings is 1. The van der Waals surface area contributed by atoms with Crippen LogP contribution in [0.15, 0.2) is 42.5 Å². The molecule has 3 aromatic rings. The summed E-state index contributed by atoms with van der Waals surface area (Å²) < 4.78 is 46.8. The first-order valence-corrected chi connectivity index (χ1v) is 9.53. The van der Waals surface area contributed by atoms with E-state index in [1.807, 2.05) is 0 Å². The number of halogens is 3. The molecule has 0 aliphatic carbocycles. The van der Waals surface area contributed by atoms with E-state index in [-0.39, 0.29) is 17.0 Å². The zero-order valence-corrected chi connectivity index (χ0v) is 16.0. The van der Waals surface area contributed by atoms with Crippen molar-refractivity contribution in [3.8, 4) is 11.3 Å². The molecule has 1 fully saturated rings. The molecule has 1 amide bonds. The van der Waals surface area contributed by atoms with Crippen molar-refractivity contribution in [2.75, 3.05) is 39.4 Å². The van der Waals surface area contributed by atoms with Gasteiger partial charge < -0.3 is 10.1 Å². The Bertz CT molecular complexity index is 1030. The Labute approximate surface area is 170 Å². The zero-order chi connectivity index (χ0) is 21.1. The van der Waals surface area contributed by atoms with Crippen molar-refractivity contribution >= 4 is 11.6 Å². The van der Waals surface area contributed by atoms with Crippen LogP contribution < -0.4 is 5.32 Å².